The number of hydrogen-bond donors (Lipinski definition) is 0. The summed E-state index contributed by atoms with van der Waals surface area (Å²) in [4.78, 5) is 6.84. The molecule has 2 rings (SSSR count). The molecule has 0 aliphatic rings. The van der Waals surface area contributed by atoms with E-state index < -0.39 is 11.7 Å². The van der Waals surface area contributed by atoms with Crippen molar-refractivity contribution in [2.75, 3.05) is 19.6 Å². The van der Waals surface area contributed by atoms with Crippen molar-refractivity contribution in [1.29, 1.82) is 0 Å². The van der Waals surface area contributed by atoms with Crippen LogP contribution in [0.4, 0.5) is 13.2 Å². The lowest BCUT2D eigenvalue weighted by Gasteiger charge is -2.22. The fourth-order valence-electron chi connectivity index (χ4n) is 3.26. The van der Waals surface area contributed by atoms with Crippen molar-refractivity contribution in [1.82, 2.24) is 14.5 Å². The minimum atomic E-state index is -4.33. The first kappa shape index (κ1) is 20.7. The molecule has 26 heavy (non-hydrogen) atoms. The zero-order chi connectivity index (χ0) is 19.2. The van der Waals surface area contributed by atoms with Crippen molar-refractivity contribution in [2.45, 2.75) is 65.6 Å². The number of aromatic nitrogens is 2. The van der Waals surface area contributed by atoms with Crippen LogP contribution in [0.15, 0.2) is 18.2 Å². The van der Waals surface area contributed by atoms with E-state index in [4.69, 9.17) is 0 Å². The van der Waals surface area contributed by atoms with Gasteiger partial charge in [-0.2, -0.15) is 13.2 Å². The van der Waals surface area contributed by atoms with E-state index in [1.165, 1.54) is 25.7 Å². The van der Waals surface area contributed by atoms with E-state index in [9.17, 15) is 13.2 Å². The molecule has 0 radical (unpaired) electrons. The van der Waals surface area contributed by atoms with Gasteiger partial charge in [-0.1, -0.05) is 26.7 Å². The molecule has 0 aliphatic heterocycles. The Hall–Kier alpha value is -1.56. The number of unbranched alkanes of at least 4 members (excludes halogenated alkanes) is 2. The van der Waals surface area contributed by atoms with Crippen molar-refractivity contribution >= 4 is 11.0 Å². The molecular formula is C20H30F3N3. The number of benzene rings is 1. The van der Waals surface area contributed by atoms with Gasteiger partial charge in [0, 0.05) is 6.54 Å². The summed E-state index contributed by atoms with van der Waals surface area (Å²) < 4.78 is 40.7. The number of fused-ring (bicyclic) bond motifs is 1. The second-order valence-electron chi connectivity index (χ2n) is 6.91. The minimum absolute atomic E-state index is 0.422. The first-order valence-electron chi connectivity index (χ1n) is 9.63. The average molecular weight is 369 g/mol. The molecule has 0 saturated heterocycles. The Morgan fingerprint density at radius 3 is 2.19 bits per heavy atom. The molecule has 1 aromatic carbocycles. The van der Waals surface area contributed by atoms with E-state index in [1.54, 1.807) is 6.07 Å². The van der Waals surface area contributed by atoms with Crippen LogP contribution in [0.3, 0.4) is 0 Å². The molecule has 6 heteroatoms. The monoisotopic (exact) mass is 369 g/mol. The lowest BCUT2D eigenvalue weighted by atomic mass is 10.2. The molecule has 1 aromatic heterocycles. The molecule has 146 valence electrons. The van der Waals surface area contributed by atoms with E-state index in [1.807, 2.05) is 11.5 Å². The topological polar surface area (TPSA) is 21.1 Å². The Morgan fingerprint density at radius 2 is 1.62 bits per heavy atom. The SMILES string of the molecule is CCCCN(CCCC)CCCn1c(C)nc2cc(C(F)(F)F)ccc21. The smallest absolute Gasteiger partial charge is 0.328 e. The van der Waals surface area contributed by atoms with E-state index >= 15 is 0 Å². The van der Waals surface area contributed by atoms with Gasteiger partial charge in [0.25, 0.3) is 0 Å². The van der Waals surface area contributed by atoms with Crippen molar-refractivity contribution < 1.29 is 13.2 Å². The van der Waals surface area contributed by atoms with Crippen molar-refractivity contribution in [3.05, 3.63) is 29.6 Å². The zero-order valence-corrected chi connectivity index (χ0v) is 16.1. The quantitative estimate of drug-likeness (QED) is 0.539. The number of rotatable bonds is 10. The molecule has 0 fully saturated rings. The number of hydrogen-bond acceptors (Lipinski definition) is 2. The maximum absolute atomic E-state index is 12.9. The Kier molecular flexibility index (Phi) is 7.50. The molecular weight excluding hydrogens is 339 g/mol. The van der Waals surface area contributed by atoms with Crippen LogP contribution in [-0.4, -0.2) is 34.1 Å². The maximum atomic E-state index is 12.9. The van der Waals surface area contributed by atoms with Gasteiger partial charge >= 0.3 is 6.18 Å². The molecule has 0 amide bonds. The lowest BCUT2D eigenvalue weighted by Crippen LogP contribution is -2.28. The van der Waals surface area contributed by atoms with Gasteiger partial charge in [0.1, 0.15) is 5.82 Å². The molecule has 0 saturated carbocycles. The number of imidazole rings is 1. The van der Waals surface area contributed by atoms with Crippen LogP contribution in [-0.2, 0) is 12.7 Å². The molecule has 0 bridgehead atoms. The fraction of sp³-hybridized carbons (Fsp3) is 0.650. The van der Waals surface area contributed by atoms with Crippen LogP contribution in [0.1, 0.15) is 57.3 Å². The van der Waals surface area contributed by atoms with Crippen molar-refractivity contribution in [2.24, 2.45) is 0 Å². The number of aryl methyl sites for hydroxylation is 2. The van der Waals surface area contributed by atoms with Gasteiger partial charge in [-0.05, 0) is 64.0 Å². The van der Waals surface area contributed by atoms with Crippen LogP contribution in [0, 0.1) is 6.92 Å². The molecule has 2 aromatic rings. The standard InChI is InChI=1S/C20H30F3N3/c1-4-6-11-25(12-7-5-2)13-8-14-26-16(3)24-18-15-17(20(21,22)23)9-10-19(18)26/h9-10,15H,4-8,11-14H2,1-3H3. The highest BCUT2D eigenvalue weighted by molar-refractivity contribution is 5.77. The lowest BCUT2D eigenvalue weighted by molar-refractivity contribution is -0.137. The van der Waals surface area contributed by atoms with Gasteiger partial charge in [0.05, 0.1) is 16.6 Å². The summed E-state index contributed by atoms with van der Waals surface area (Å²) in [6.07, 6.45) is 1.43. The summed E-state index contributed by atoms with van der Waals surface area (Å²) in [5.74, 6) is 0.771. The normalized spacial score (nSPS) is 12.4. The Balaban J connectivity index is 2.04. The molecule has 0 N–H and O–H groups in total. The summed E-state index contributed by atoms with van der Waals surface area (Å²) in [5, 5.41) is 0. The highest BCUT2D eigenvalue weighted by Crippen LogP contribution is 2.31. The van der Waals surface area contributed by atoms with E-state index in [-0.39, 0.29) is 0 Å². The van der Waals surface area contributed by atoms with Crippen molar-refractivity contribution in [3.8, 4) is 0 Å². The van der Waals surface area contributed by atoms with E-state index in [0.717, 1.165) is 56.1 Å². The fourth-order valence-corrected chi connectivity index (χ4v) is 3.26. The van der Waals surface area contributed by atoms with Crippen LogP contribution in [0.2, 0.25) is 0 Å². The van der Waals surface area contributed by atoms with Gasteiger partial charge in [-0.3, -0.25) is 0 Å². The third-order valence-corrected chi connectivity index (χ3v) is 4.78. The van der Waals surface area contributed by atoms with Gasteiger partial charge < -0.3 is 9.47 Å². The van der Waals surface area contributed by atoms with E-state index in [0.29, 0.717) is 5.52 Å². The summed E-state index contributed by atoms with van der Waals surface area (Å²) in [7, 11) is 0. The largest absolute Gasteiger partial charge is 0.416 e. The molecule has 0 spiro atoms. The zero-order valence-electron chi connectivity index (χ0n) is 16.1. The second kappa shape index (κ2) is 9.40. The highest BCUT2D eigenvalue weighted by Gasteiger charge is 2.31. The highest BCUT2D eigenvalue weighted by atomic mass is 19.4. The minimum Gasteiger partial charge on any atom is -0.328 e. The maximum Gasteiger partial charge on any atom is 0.416 e. The van der Waals surface area contributed by atoms with Crippen molar-refractivity contribution in [3.63, 3.8) is 0 Å². The first-order chi connectivity index (χ1) is 12.4. The third kappa shape index (κ3) is 5.47. The summed E-state index contributed by atoms with van der Waals surface area (Å²) in [6.45, 7) is 10.3. The van der Waals surface area contributed by atoms with Gasteiger partial charge in [0.2, 0.25) is 0 Å². The number of nitrogens with zero attached hydrogens (tertiary/aromatic N) is 3. The predicted octanol–water partition coefficient (Wildman–Crippen LogP) is 5.66. The Labute approximate surface area is 154 Å². The van der Waals surface area contributed by atoms with Crippen LogP contribution < -0.4 is 0 Å². The number of halogens is 3. The van der Waals surface area contributed by atoms with Crippen LogP contribution in [0.25, 0.3) is 11.0 Å². The first-order valence-corrected chi connectivity index (χ1v) is 9.63. The molecule has 0 aliphatic carbocycles. The van der Waals surface area contributed by atoms with Gasteiger partial charge in [0.15, 0.2) is 0 Å². The predicted molar refractivity (Wildman–Crippen MR) is 100 cm³/mol. The molecule has 1 heterocycles. The van der Waals surface area contributed by atoms with Gasteiger partial charge in [-0.15, -0.1) is 0 Å². The Morgan fingerprint density at radius 1 is 1.00 bits per heavy atom. The summed E-state index contributed by atoms with van der Waals surface area (Å²) in [6, 6.07) is 3.84. The third-order valence-electron chi connectivity index (χ3n) is 4.78. The summed E-state index contributed by atoms with van der Waals surface area (Å²) in [5.41, 5.74) is 0.565. The number of alkyl halides is 3. The average Bonchev–Trinajstić information content (AvgIpc) is 2.90. The molecule has 0 unspecified atom stereocenters. The molecule has 3 nitrogen and oxygen atoms in total. The second-order valence-corrected chi connectivity index (χ2v) is 6.91. The summed E-state index contributed by atoms with van der Waals surface area (Å²) >= 11 is 0. The Bertz CT molecular complexity index is 683. The van der Waals surface area contributed by atoms with Crippen LogP contribution in [0.5, 0.6) is 0 Å². The van der Waals surface area contributed by atoms with Gasteiger partial charge in [-0.25, -0.2) is 4.98 Å². The molecule has 0 atom stereocenters. The van der Waals surface area contributed by atoms with Crippen LogP contribution >= 0.6 is 0 Å². The van der Waals surface area contributed by atoms with E-state index in [2.05, 4.69) is 23.7 Å².